The van der Waals surface area contributed by atoms with Gasteiger partial charge < -0.3 is 0 Å². The van der Waals surface area contributed by atoms with Crippen LogP contribution in [0.2, 0.25) is 0 Å². The molecule has 0 saturated carbocycles. The average Bonchev–Trinajstić information content (AvgIpc) is 2.31. The summed E-state index contributed by atoms with van der Waals surface area (Å²) in [5, 5.41) is 10.8. The molecule has 2 rings (SSSR count). The lowest BCUT2D eigenvalue weighted by Crippen LogP contribution is -2.32. The Morgan fingerprint density at radius 1 is 1.31 bits per heavy atom. The monoisotopic (exact) mass is 238 g/mol. The van der Waals surface area contributed by atoms with Crippen molar-refractivity contribution >= 4 is 17.4 Å². The van der Waals surface area contributed by atoms with Gasteiger partial charge in [-0.2, -0.15) is 11.8 Å². The molecular formula is C11H14N2O2S. The number of nitro benzene ring substituents is 1. The first-order valence-corrected chi connectivity index (χ1v) is 6.45. The molecule has 86 valence electrons. The molecule has 5 heteroatoms. The Kier molecular flexibility index (Phi) is 3.79. The summed E-state index contributed by atoms with van der Waals surface area (Å²) in [5.74, 6) is 2.25. The number of rotatable bonds is 3. The van der Waals surface area contributed by atoms with E-state index in [4.69, 9.17) is 0 Å². The van der Waals surface area contributed by atoms with Gasteiger partial charge in [0.15, 0.2) is 0 Å². The van der Waals surface area contributed by atoms with E-state index < -0.39 is 0 Å². The van der Waals surface area contributed by atoms with Crippen LogP contribution in [0.5, 0.6) is 0 Å². The van der Waals surface area contributed by atoms with E-state index in [9.17, 15) is 10.1 Å². The van der Waals surface area contributed by atoms with Gasteiger partial charge in [0.2, 0.25) is 0 Å². The van der Waals surface area contributed by atoms with Gasteiger partial charge in [0.1, 0.15) is 0 Å². The van der Waals surface area contributed by atoms with Crippen LogP contribution < -0.4 is 0 Å². The molecule has 0 N–H and O–H groups in total. The van der Waals surface area contributed by atoms with Crippen molar-refractivity contribution in [2.45, 2.75) is 6.54 Å². The molecule has 1 saturated heterocycles. The van der Waals surface area contributed by atoms with E-state index in [-0.39, 0.29) is 10.6 Å². The first-order chi connectivity index (χ1) is 7.77. The number of nitro groups is 1. The van der Waals surface area contributed by atoms with E-state index in [2.05, 4.69) is 4.90 Å². The van der Waals surface area contributed by atoms with Gasteiger partial charge in [-0.05, 0) is 0 Å². The van der Waals surface area contributed by atoms with E-state index in [1.54, 1.807) is 12.1 Å². The van der Waals surface area contributed by atoms with Crippen LogP contribution in [0, 0.1) is 10.1 Å². The van der Waals surface area contributed by atoms with Gasteiger partial charge in [0.05, 0.1) is 4.92 Å². The van der Waals surface area contributed by atoms with E-state index >= 15 is 0 Å². The molecule has 4 nitrogen and oxygen atoms in total. The molecule has 0 spiro atoms. The Hall–Kier alpha value is -1.07. The second-order valence-electron chi connectivity index (χ2n) is 3.77. The standard InChI is InChI=1S/C11H14N2O2S/c14-13(15)11-4-2-1-3-10(11)9-12-5-7-16-8-6-12/h1-4H,5-9H2. The van der Waals surface area contributed by atoms with E-state index in [0.29, 0.717) is 6.54 Å². The molecule has 0 unspecified atom stereocenters. The number of nitrogens with zero attached hydrogens (tertiary/aromatic N) is 2. The van der Waals surface area contributed by atoms with Crippen molar-refractivity contribution in [1.29, 1.82) is 0 Å². The number of thioether (sulfide) groups is 1. The molecule has 1 aliphatic rings. The third-order valence-electron chi connectivity index (χ3n) is 2.69. The lowest BCUT2D eigenvalue weighted by molar-refractivity contribution is -0.385. The van der Waals surface area contributed by atoms with Crippen LogP contribution >= 0.6 is 11.8 Å². The Morgan fingerprint density at radius 2 is 2.00 bits per heavy atom. The SMILES string of the molecule is O=[N+]([O-])c1ccccc1CN1CCSCC1. The van der Waals surface area contributed by atoms with Gasteiger partial charge in [-0.1, -0.05) is 18.2 Å². The normalized spacial score (nSPS) is 17.2. The average molecular weight is 238 g/mol. The molecule has 16 heavy (non-hydrogen) atoms. The van der Waals surface area contributed by atoms with Crippen LogP contribution in [-0.2, 0) is 6.54 Å². The van der Waals surface area contributed by atoms with E-state index in [0.717, 1.165) is 30.2 Å². The van der Waals surface area contributed by atoms with Crippen molar-refractivity contribution in [3.8, 4) is 0 Å². The van der Waals surface area contributed by atoms with Crippen LogP contribution in [0.1, 0.15) is 5.56 Å². The Bertz CT molecular complexity index is 378. The predicted molar refractivity (Wildman–Crippen MR) is 65.7 cm³/mol. The quantitative estimate of drug-likeness (QED) is 0.598. The zero-order valence-corrected chi connectivity index (χ0v) is 9.78. The van der Waals surface area contributed by atoms with Gasteiger partial charge >= 0.3 is 0 Å². The molecule has 0 radical (unpaired) electrons. The highest BCUT2D eigenvalue weighted by Gasteiger charge is 2.17. The molecule has 1 aromatic rings. The number of hydrogen-bond donors (Lipinski definition) is 0. The molecule has 0 atom stereocenters. The van der Waals surface area contributed by atoms with E-state index in [1.807, 2.05) is 23.9 Å². The second-order valence-corrected chi connectivity index (χ2v) is 5.00. The molecule has 0 amide bonds. The number of benzene rings is 1. The summed E-state index contributed by atoms with van der Waals surface area (Å²) in [7, 11) is 0. The summed E-state index contributed by atoms with van der Waals surface area (Å²) >= 11 is 1.94. The van der Waals surface area contributed by atoms with Crippen molar-refractivity contribution in [3.63, 3.8) is 0 Å². The Labute approximate surface area is 98.8 Å². The fraction of sp³-hybridized carbons (Fsp3) is 0.455. The molecule has 1 aliphatic heterocycles. The largest absolute Gasteiger partial charge is 0.297 e. The van der Waals surface area contributed by atoms with E-state index in [1.165, 1.54) is 0 Å². The van der Waals surface area contributed by atoms with Gasteiger partial charge in [-0.25, -0.2) is 0 Å². The molecule has 1 aromatic carbocycles. The summed E-state index contributed by atoms with van der Waals surface area (Å²) in [6.45, 7) is 2.74. The maximum Gasteiger partial charge on any atom is 0.273 e. The first kappa shape index (κ1) is 11.4. The topological polar surface area (TPSA) is 46.4 Å². The van der Waals surface area contributed by atoms with Crippen molar-refractivity contribution in [2.75, 3.05) is 24.6 Å². The molecular weight excluding hydrogens is 224 g/mol. The fourth-order valence-electron chi connectivity index (χ4n) is 1.82. The van der Waals surface area contributed by atoms with Crippen molar-refractivity contribution in [1.82, 2.24) is 4.90 Å². The van der Waals surface area contributed by atoms with Crippen LogP contribution in [0.25, 0.3) is 0 Å². The van der Waals surface area contributed by atoms with Crippen LogP contribution in [0.3, 0.4) is 0 Å². The van der Waals surface area contributed by atoms with Gasteiger partial charge in [0, 0.05) is 42.8 Å². The highest BCUT2D eigenvalue weighted by Crippen LogP contribution is 2.21. The lowest BCUT2D eigenvalue weighted by Gasteiger charge is -2.25. The maximum absolute atomic E-state index is 10.8. The van der Waals surface area contributed by atoms with Crippen LogP contribution in [0.4, 0.5) is 5.69 Å². The number of hydrogen-bond acceptors (Lipinski definition) is 4. The van der Waals surface area contributed by atoms with Crippen molar-refractivity contribution in [3.05, 3.63) is 39.9 Å². The van der Waals surface area contributed by atoms with Crippen molar-refractivity contribution < 1.29 is 4.92 Å². The number of para-hydroxylation sites is 1. The minimum Gasteiger partial charge on any atom is -0.297 e. The fourth-order valence-corrected chi connectivity index (χ4v) is 2.80. The van der Waals surface area contributed by atoms with Crippen molar-refractivity contribution in [2.24, 2.45) is 0 Å². The second kappa shape index (κ2) is 5.32. The van der Waals surface area contributed by atoms with Crippen LogP contribution in [-0.4, -0.2) is 34.4 Å². The van der Waals surface area contributed by atoms with Gasteiger partial charge in [-0.3, -0.25) is 15.0 Å². The Balaban J connectivity index is 2.10. The Morgan fingerprint density at radius 3 is 2.69 bits per heavy atom. The maximum atomic E-state index is 10.8. The minimum absolute atomic E-state index is 0.237. The molecule has 0 aliphatic carbocycles. The van der Waals surface area contributed by atoms with Gasteiger partial charge in [0.25, 0.3) is 5.69 Å². The summed E-state index contributed by atoms with van der Waals surface area (Å²) < 4.78 is 0. The third-order valence-corrected chi connectivity index (χ3v) is 3.63. The minimum atomic E-state index is -0.298. The predicted octanol–water partition coefficient (Wildman–Crippen LogP) is 2.14. The molecule has 0 bridgehead atoms. The summed E-state index contributed by atoms with van der Waals surface area (Å²) in [6, 6.07) is 7.00. The highest BCUT2D eigenvalue weighted by atomic mass is 32.2. The third kappa shape index (κ3) is 2.74. The molecule has 0 aromatic heterocycles. The van der Waals surface area contributed by atoms with Gasteiger partial charge in [-0.15, -0.1) is 0 Å². The highest BCUT2D eigenvalue weighted by molar-refractivity contribution is 7.99. The summed E-state index contributed by atoms with van der Waals surface area (Å²) in [5.41, 5.74) is 1.06. The first-order valence-electron chi connectivity index (χ1n) is 5.30. The zero-order chi connectivity index (χ0) is 11.4. The molecule has 1 heterocycles. The smallest absolute Gasteiger partial charge is 0.273 e. The van der Waals surface area contributed by atoms with Crippen LogP contribution in [0.15, 0.2) is 24.3 Å². The zero-order valence-electron chi connectivity index (χ0n) is 8.96. The summed E-state index contributed by atoms with van der Waals surface area (Å²) in [4.78, 5) is 12.8. The summed E-state index contributed by atoms with van der Waals surface area (Å²) in [6.07, 6.45) is 0. The molecule has 1 fully saturated rings. The lowest BCUT2D eigenvalue weighted by atomic mass is 10.1.